The van der Waals surface area contributed by atoms with E-state index < -0.39 is 0 Å². The summed E-state index contributed by atoms with van der Waals surface area (Å²) in [5, 5.41) is 3.86. The number of aryl methyl sites for hydroxylation is 1. The number of fused-ring (bicyclic) bond motifs is 1. The molecule has 1 aromatic heterocycles. The van der Waals surface area contributed by atoms with Crippen LogP contribution < -0.4 is 5.32 Å². The first-order valence-electron chi connectivity index (χ1n) is 8.69. The number of carbonyl (C=O) groups excluding carboxylic acids is 1. The molecule has 25 heavy (non-hydrogen) atoms. The van der Waals surface area contributed by atoms with Gasteiger partial charge in [-0.2, -0.15) is 0 Å². The number of hydrogen-bond donors (Lipinski definition) is 1. The Labute approximate surface area is 151 Å². The highest BCUT2D eigenvalue weighted by atomic mass is 35.5. The Morgan fingerprint density at radius 2 is 2.08 bits per heavy atom. The van der Waals surface area contributed by atoms with E-state index in [1.54, 1.807) is 6.26 Å². The van der Waals surface area contributed by atoms with Crippen LogP contribution in [0.4, 0.5) is 4.79 Å². The maximum Gasteiger partial charge on any atom is 0.318 e. The van der Waals surface area contributed by atoms with Crippen molar-refractivity contribution in [2.75, 3.05) is 19.7 Å². The molecule has 2 aliphatic rings. The summed E-state index contributed by atoms with van der Waals surface area (Å²) in [5.41, 5.74) is 2.15. The zero-order valence-corrected chi connectivity index (χ0v) is 14.7. The first-order valence-corrected chi connectivity index (χ1v) is 9.07. The SMILES string of the molecule is O=C(NC1CCCc2occc21)N1CCOC(c2ccc(Cl)cc2)C1. The fourth-order valence-corrected chi connectivity index (χ4v) is 3.72. The van der Waals surface area contributed by atoms with E-state index in [0.717, 1.165) is 36.1 Å². The molecule has 1 saturated heterocycles. The van der Waals surface area contributed by atoms with Crippen LogP contribution in [-0.2, 0) is 11.2 Å². The lowest BCUT2D eigenvalue weighted by Gasteiger charge is -2.34. The Hall–Kier alpha value is -1.98. The third-order valence-corrected chi connectivity index (χ3v) is 5.20. The minimum Gasteiger partial charge on any atom is -0.469 e. The van der Waals surface area contributed by atoms with Gasteiger partial charge in [0.1, 0.15) is 11.9 Å². The normalized spacial score (nSPS) is 23.2. The monoisotopic (exact) mass is 360 g/mol. The molecule has 132 valence electrons. The van der Waals surface area contributed by atoms with Crippen molar-refractivity contribution < 1.29 is 13.9 Å². The zero-order valence-electron chi connectivity index (χ0n) is 13.9. The quantitative estimate of drug-likeness (QED) is 0.877. The molecule has 1 aliphatic carbocycles. The van der Waals surface area contributed by atoms with Crippen molar-refractivity contribution >= 4 is 17.6 Å². The lowest BCUT2D eigenvalue weighted by atomic mass is 9.93. The molecule has 4 rings (SSSR count). The van der Waals surface area contributed by atoms with Crippen molar-refractivity contribution in [2.45, 2.75) is 31.4 Å². The second-order valence-electron chi connectivity index (χ2n) is 6.55. The van der Waals surface area contributed by atoms with Gasteiger partial charge in [0.05, 0.1) is 25.5 Å². The third-order valence-electron chi connectivity index (χ3n) is 4.95. The summed E-state index contributed by atoms with van der Waals surface area (Å²) in [4.78, 5) is 14.6. The summed E-state index contributed by atoms with van der Waals surface area (Å²) >= 11 is 5.95. The van der Waals surface area contributed by atoms with E-state index in [0.29, 0.717) is 24.7 Å². The van der Waals surface area contributed by atoms with Crippen LogP contribution >= 0.6 is 11.6 Å². The number of amides is 2. The zero-order chi connectivity index (χ0) is 17.2. The van der Waals surface area contributed by atoms with E-state index in [1.165, 1.54) is 0 Å². The number of ether oxygens (including phenoxy) is 1. The molecule has 2 unspecified atom stereocenters. The summed E-state index contributed by atoms with van der Waals surface area (Å²) in [6.07, 6.45) is 4.52. The number of furan rings is 1. The van der Waals surface area contributed by atoms with Crippen molar-refractivity contribution in [3.05, 3.63) is 58.5 Å². The molecule has 0 bridgehead atoms. The van der Waals surface area contributed by atoms with Gasteiger partial charge in [-0.3, -0.25) is 0 Å². The lowest BCUT2D eigenvalue weighted by Crippen LogP contribution is -2.48. The van der Waals surface area contributed by atoms with Gasteiger partial charge in [-0.25, -0.2) is 4.79 Å². The van der Waals surface area contributed by atoms with Crippen LogP contribution in [0.1, 0.15) is 41.9 Å². The molecule has 1 N–H and O–H groups in total. The smallest absolute Gasteiger partial charge is 0.318 e. The Kier molecular flexibility index (Phi) is 4.68. The number of nitrogens with one attached hydrogen (secondary N) is 1. The van der Waals surface area contributed by atoms with E-state index in [9.17, 15) is 4.79 Å². The molecule has 0 radical (unpaired) electrons. The number of carbonyl (C=O) groups is 1. The van der Waals surface area contributed by atoms with Gasteiger partial charge >= 0.3 is 6.03 Å². The Morgan fingerprint density at radius 3 is 2.92 bits per heavy atom. The van der Waals surface area contributed by atoms with Gasteiger partial charge in [0.25, 0.3) is 0 Å². The van der Waals surface area contributed by atoms with Crippen LogP contribution in [0, 0.1) is 0 Å². The minimum atomic E-state index is -0.118. The van der Waals surface area contributed by atoms with Crippen LogP contribution in [0.2, 0.25) is 5.02 Å². The molecule has 2 atom stereocenters. The number of benzene rings is 1. The number of morpholine rings is 1. The number of nitrogens with zero attached hydrogens (tertiary/aromatic N) is 1. The fourth-order valence-electron chi connectivity index (χ4n) is 3.59. The molecule has 2 aromatic rings. The van der Waals surface area contributed by atoms with E-state index in [4.69, 9.17) is 20.8 Å². The van der Waals surface area contributed by atoms with Crippen molar-refractivity contribution in [1.82, 2.24) is 10.2 Å². The van der Waals surface area contributed by atoms with E-state index in [1.807, 2.05) is 35.2 Å². The van der Waals surface area contributed by atoms with Gasteiger partial charge in [0, 0.05) is 23.6 Å². The molecular formula is C19H21ClN2O3. The maximum absolute atomic E-state index is 12.7. The molecule has 2 amide bonds. The molecule has 0 spiro atoms. The number of halogens is 1. The standard InChI is InChI=1S/C19H21ClN2O3/c20-14-6-4-13(5-7-14)18-12-22(9-11-25-18)19(23)21-16-2-1-3-17-15(16)8-10-24-17/h4-8,10,16,18H,1-3,9,11-12H2,(H,21,23). The molecule has 2 heterocycles. The Balaban J connectivity index is 1.41. The fraction of sp³-hybridized carbons (Fsp3) is 0.421. The molecule has 6 heteroatoms. The number of rotatable bonds is 2. The van der Waals surface area contributed by atoms with E-state index >= 15 is 0 Å². The predicted molar refractivity (Wildman–Crippen MR) is 94.6 cm³/mol. The summed E-state index contributed by atoms with van der Waals surface area (Å²) in [6, 6.07) is 9.56. The molecule has 0 saturated carbocycles. The first-order chi connectivity index (χ1) is 12.2. The second-order valence-corrected chi connectivity index (χ2v) is 6.99. The van der Waals surface area contributed by atoms with Crippen molar-refractivity contribution in [3.63, 3.8) is 0 Å². The maximum atomic E-state index is 12.7. The highest BCUT2D eigenvalue weighted by Gasteiger charge is 2.29. The predicted octanol–water partition coefficient (Wildman–Crippen LogP) is 4.09. The van der Waals surface area contributed by atoms with Gasteiger partial charge in [0.2, 0.25) is 0 Å². The van der Waals surface area contributed by atoms with Gasteiger partial charge in [0.15, 0.2) is 0 Å². The minimum absolute atomic E-state index is 0.0341. The average molecular weight is 361 g/mol. The van der Waals surface area contributed by atoms with Crippen LogP contribution in [0.25, 0.3) is 0 Å². The highest BCUT2D eigenvalue weighted by Crippen LogP contribution is 2.31. The Morgan fingerprint density at radius 1 is 1.24 bits per heavy atom. The van der Waals surface area contributed by atoms with Crippen LogP contribution in [0.15, 0.2) is 41.0 Å². The first kappa shape index (κ1) is 16.5. The summed E-state index contributed by atoms with van der Waals surface area (Å²) in [7, 11) is 0. The number of urea groups is 1. The van der Waals surface area contributed by atoms with Gasteiger partial charge in [-0.05, 0) is 36.6 Å². The third kappa shape index (κ3) is 3.53. The lowest BCUT2D eigenvalue weighted by molar-refractivity contribution is -0.0158. The highest BCUT2D eigenvalue weighted by molar-refractivity contribution is 6.30. The van der Waals surface area contributed by atoms with Gasteiger partial charge in [-0.1, -0.05) is 23.7 Å². The summed E-state index contributed by atoms with van der Waals surface area (Å²) < 4.78 is 11.3. The van der Waals surface area contributed by atoms with Crippen LogP contribution in [0.5, 0.6) is 0 Å². The van der Waals surface area contributed by atoms with E-state index in [-0.39, 0.29) is 18.2 Å². The summed E-state index contributed by atoms with van der Waals surface area (Å²) in [5.74, 6) is 0.998. The van der Waals surface area contributed by atoms with Crippen molar-refractivity contribution in [1.29, 1.82) is 0 Å². The average Bonchev–Trinajstić information content (AvgIpc) is 3.12. The number of hydrogen-bond acceptors (Lipinski definition) is 3. The van der Waals surface area contributed by atoms with Crippen molar-refractivity contribution in [3.8, 4) is 0 Å². The topological polar surface area (TPSA) is 54.7 Å². The van der Waals surface area contributed by atoms with E-state index in [2.05, 4.69) is 5.32 Å². The Bertz CT molecular complexity index is 743. The molecule has 5 nitrogen and oxygen atoms in total. The van der Waals surface area contributed by atoms with Crippen LogP contribution in [-0.4, -0.2) is 30.6 Å². The molecule has 1 aliphatic heterocycles. The molecule has 1 aromatic carbocycles. The largest absolute Gasteiger partial charge is 0.469 e. The van der Waals surface area contributed by atoms with Crippen molar-refractivity contribution in [2.24, 2.45) is 0 Å². The molecular weight excluding hydrogens is 340 g/mol. The molecule has 1 fully saturated rings. The van der Waals surface area contributed by atoms with Gasteiger partial charge < -0.3 is 19.4 Å². The van der Waals surface area contributed by atoms with Gasteiger partial charge in [-0.15, -0.1) is 0 Å². The van der Waals surface area contributed by atoms with Crippen LogP contribution in [0.3, 0.4) is 0 Å². The second kappa shape index (κ2) is 7.10. The summed E-state index contributed by atoms with van der Waals surface area (Å²) in [6.45, 7) is 1.67.